The molecule has 19 heavy (non-hydrogen) atoms. The van der Waals surface area contributed by atoms with E-state index in [-0.39, 0.29) is 0 Å². The van der Waals surface area contributed by atoms with Gasteiger partial charge >= 0.3 is 0 Å². The number of aldehydes is 1. The lowest BCUT2D eigenvalue weighted by Crippen LogP contribution is -2.40. The molecule has 0 aliphatic heterocycles. The van der Waals surface area contributed by atoms with Crippen molar-refractivity contribution in [3.63, 3.8) is 0 Å². The molecule has 0 aromatic carbocycles. The van der Waals surface area contributed by atoms with Crippen LogP contribution in [-0.2, 0) is 19.9 Å². The SMILES string of the molecule is CCCN(CCC)[C@H]1CCc2c(cc(C=O)n2C)C1. The zero-order valence-electron chi connectivity index (χ0n) is 12.5. The molecule has 0 saturated carbocycles. The largest absolute Gasteiger partial charge is 0.345 e. The van der Waals surface area contributed by atoms with Gasteiger partial charge in [0.15, 0.2) is 6.29 Å². The lowest BCUT2D eigenvalue weighted by molar-refractivity contribution is 0.111. The van der Waals surface area contributed by atoms with Gasteiger partial charge in [0.25, 0.3) is 0 Å². The van der Waals surface area contributed by atoms with Crippen LogP contribution in [0.2, 0.25) is 0 Å². The highest BCUT2D eigenvalue weighted by Gasteiger charge is 2.26. The molecule has 3 heteroatoms. The second kappa shape index (κ2) is 6.38. The normalized spacial score (nSPS) is 18.6. The summed E-state index contributed by atoms with van der Waals surface area (Å²) in [6, 6.07) is 2.75. The summed E-state index contributed by atoms with van der Waals surface area (Å²) < 4.78 is 2.07. The summed E-state index contributed by atoms with van der Waals surface area (Å²) in [6.45, 7) is 6.90. The topological polar surface area (TPSA) is 25.2 Å². The fourth-order valence-electron chi connectivity index (χ4n) is 3.37. The van der Waals surface area contributed by atoms with E-state index in [9.17, 15) is 4.79 Å². The highest BCUT2D eigenvalue weighted by molar-refractivity contribution is 5.73. The average Bonchev–Trinajstić information content (AvgIpc) is 2.74. The summed E-state index contributed by atoms with van der Waals surface area (Å²) >= 11 is 0. The minimum atomic E-state index is 0.661. The summed E-state index contributed by atoms with van der Waals surface area (Å²) in [4.78, 5) is 13.7. The molecular weight excluding hydrogens is 236 g/mol. The molecule has 0 unspecified atom stereocenters. The highest BCUT2D eigenvalue weighted by atomic mass is 16.1. The molecule has 0 bridgehead atoms. The van der Waals surface area contributed by atoms with Crippen molar-refractivity contribution < 1.29 is 4.79 Å². The van der Waals surface area contributed by atoms with Gasteiger partial charge in [-0.2, -0.15) is 0 Å². The van der Waals surface area contributed by atoms with E-state index in [1.807, 2.05) is 7.05 Å². The molecule has 0 saturated heterocycles. The number of carbonyl (C=O) groups excluding carboxylic acids is 1. The van der Waals surface area contributed by atoms with Crippen LogP contribution in [0.15, 0.2) is 6.07 Å². The van der Waals surface area contributed by atoms with Gasteiger partial charge in [-0.3, -0.25) is 4.79 Å². The summed E-state index contributed by atoms with van der Waals surface area (Å²) in [7, 11) is 2.01. The first-order chi connectivity index (χ1) is 9.21. The highest BCUT2D eigenvalue weighted by Crippen LogP contribution is 2.27. The number of rotatable bonds is 6. The number of hydrogen-bond acceptors (Lipinski definition) is 2. The van der Waals surface area contributed by atoms with Crippen LogP contribution in [0.25, 0.3) is 0 Å². The van der Waals surface area contributed by atoms with Crippen molar-refractivity contribution >= 4 is 6.29 Å². The molecule has 1 atom stereocenters. The first kappa shape index (κ1) is 14.3. The Kier molecular flexibility index (Phi) is 4.81. The Morgan fingerprint density at radius 2 is 2.05 bits per heavy atom. The van der Waals surface area contributed by atoms with Crippen LogP contribution in [-0.4, -0.2) is 34.9 Å². The molecule has 0 N–H and O–H groups in total. The van der Waals surface area contributed by atoms with E-state index in [4.69, 9.17) is 0 Å². The smallest absolute Gasteiger partial charge is 0.166 e. The summed E-state index contributed by atoms with van der Waals surface area (Å²) in [5.41, 5.74) is 3.58. The van der Waals surface area contributed by atoms with Crippen LogP contribution in [0.5, 0.6) is 0 Å². The molecule has 1 aromatic rings. The first-order valence-corrected chi connectivity index (χ1v) is 7.57. The van der Waals surface area contributed by atoms with Gasteiger partial charge in [-0.25, -0.2) is 0 Å². The summed E-state index contributed by atoms with van der Waals surface area (Å²) in [5, 5.41) is 0. The number of carbonyl (C=O) groups is 1. The Morgan fingerprint density at radius 1 is 1.37 bits per heavy atom. The number of hydrogen-bond donors (Lipinski definition) is 0. The molecule has 0 fully saturated rings. The van der Waals surface area contributed by atoms with Gasteiger partial charge in [0.2, 0.25) is 0 Å². The van der Waals surface area contributed by atoms with Crippen LogP contribution in [0, 0.1) is 0 Å². The third kappa shape index (κ3) is 2.92. The fourth-order valence-corrected chi connectivity index (χ4v) is 3.37. The van der Waals surface area contributed by atoms with Gasteiger partial charge in [0.05, 0.1) is 5.69 Å². The number of fused-ring (bicyclic) bond motifs is 1. The predicted octanol–water partition coefficient (Wildman–Crippen LogP) is 2.82. The van der Waals surface area contributed by atoms with E-state index in [2.05, 4.69) is 29.4 Å². The van der Waals surface area contributed by atoms with E-state index >= 15 is 0 Å². The van der Waals surface area contributed by atoms with Crippen LogP contribution < -0.4 is 0 Å². The maximum absolute atomic E-state index is 11.0. The molecule has 106 valence electrons. The average molecular weight is 262 g/mol. The minimum Gasteiger partial charge on any atom is -0.345 e. The van der Waals surface area contributed by atoms with Crippen molar-refractivity contribution in [3.05, 3.63) is 23.0 Å². The van der Waals surface area contributed by atoms with Crippen molar-refractivity contribution in [2.45, 2.75) is 52.0 Å². The van der Waals surface area contributed by atoms with E-state index < -0.39 is 0 Å². The van der Waals surface area contributed by atoms with E-state index in [0.717, 1.165) is 24.8 Å². The second-order valence-electron chi connectivity index (χ2n) is 5.65. The molecule has 1 aliphatic rings. The zero-order chi connectivity index (χ0) is 13.8. The molecule has 0 amide bonds. The zero-order valence-corrected chi connectivity index (χ0v) is 12.5. The third-order valence-electron chi connectivity index (χ3n) is 4.31. The van der Waals surface area contributed by atoms with E-state index in [1.165, 1.54) is 43.6 Å². The molecular formula is C16H26N2O. The first-order valence-electron chi connectivity index (χ1n) is 7.57. The molecule has 0 spiro atoms. The second-order valence-corrected chi connectivity index (χ2v) is 5.65. The Bertz CT molecular complexity index is 430. The van der Waals surface area contributed by atoms with Crippen molar-refractivity contribution in [1.82, 2.24) is 9.47 Å². The van der Waals surface area contributed by atoms with E-state index in [0.29, 0.717) is 6.04 Å². The van der Waals surface area contributed by atoms with Gasteiger partial charge in [-0.05, 0) is 56.8 Å². The van der Waals surface area contributed by atoms with E-state index in [1.54, 1.807) is 0 Å². The van der Waals surface area contributed by atoms with Crippen LogP contribution in [0.3, 0.4) is 0 Å². The Balaban J connectivity index is 2.14. The third-order valence-corrected chi connectivity index (χ3v) is 4.31. The lowest BCUT2D eigenvalue weighted by Gasteiger charge is -2.34. The molecule has 1 heterocycles. The standard InChI is InChI=1S/C16H26N2O/c1-4-8-18(9-5-2)14-6-7-16-13(10-14)11-15(12-19)17(16)3/h11-12,14H,4-10H2,1-3H3/t14-/m0/s1. The van der Waals surface area contributed by atoms with Gasteiger partial charge in [-0.15, -0.1) is 0 Å². The van der Waals surface area contributed by atoms with Crippen molar-refractivity contribution in [1.29, 1.82) is 0 Å². The summed E-state index contributed by atoms with van der Waals surface area (Å²) in [5.74, 6) is 0. The molecule has 0 radical (unpaired) electrons. The number of aromatic nitrogens is 1. The van der Waals surface area contributed by atoms with Gasteiger partial charge in [0, 0.05) is 18.8 Å². The molecule has 2 rings (SSSR count). The molecule has 3 nitrogen and oxygen atoms in total. The van der Waals surface area contributed by atoms with Gasteiger partial charge in [-0.1, -0.05) is 13.8 Å². The predicted molar refractivity (Wildman–Crippen MR) is 78.8 cm³/mol. The molecule has 1 aromatic heterocycles. The van der Waals surface area contributed by atoms with Crippen molar-refractivity contribution in [2.75, 3.05) is 13.1 Å². The summed E-state index contributed by atoms with van der Waals surface area (Å²) in [6.07, 6.45) is 6.85. The Labute approximate surface area is 116 Å². The lowest BCUT2D eigenvalue weighted by atomic mass is 9.91. The quantitative estimate of drug-likeness (QED) is 0.737. The van der Waals surface area contributed by atoms with Gasteiger partial charge < -0.3 is 9.47 Å². The van der Waals surface area contributed by atoms with Crippen molar-refractivity contribution in [2.24, 2.45) is 7.05 Å². The maximum atomic E-state index is 11.0. The van der Waals surface area contributed by atoms with Gasteiger partial charge in [0.1, 0.15) is 0 Å². The fraction of sp³-hybridized carbons (Fsp3) is 0.688. The van der Waals surface area contributed by atoms with Crippen LogP contribution in [0.4, 0.5) is 0 Å². The van der Waals surface area contributed by atoms with Crippen molar-refractivity contribution in [3.8, 4) is 0 Å². The Morgan fingerprint density at radius 3 is 2.63 bits per heavy atom. The monoisotopic (exact) mass is 262 g/mol. The number of nitrogens with zero attached hydrogens (tertiary/aromatic N) is 2. The molecule has 1 aliphatic carbocycles. The van der Waals surface area contributed by atoms with Crippen LogP contribution >= 0.6 is 0 Å². The maximum Gasteiger partial charge on any atom is 0.166 e. The minimum absolute atomic E-state index is 0.661. The van der Waals surface area contributed by atoms with Crippen LogP contribution in [0.1, 0.15) is 54.9 Å². The Hall–Kier alpha value is -1.09.